The average Bonchev–Trinajstić information content (AvgIpc) is 3.31. The number of fused-ring (bicyclic) bond motifs is 1. The number of hydrazone groups is 1. The molecule has 2 fully saturated rings. The lowest BCUT2D eigenvalue weighted by Gasteiger charge is -2.37. The van der Waals surface area contributed by atoms with Gasteiger partial charge in [-0.2, -0.15) is 10.1 Å². The number of benzene rings is 1. The number of hydrogen-bond donors (Lipinski definition) is 0. The monoisotopic (exact) mass is 469 g/mol. The lowest BCUT2D eigenvalue weighted by molar-refractivity contribution is -0.384. The molecule has 1 saturated heterocycles. The number of nitro groups is 1. The summed E-state index contributed by atoms with van der Waals surface area (Å²) in [4.78, 5) is 36.4. The van der Waals surface area contributed by atoms with E-state index >= 15 is 0 Å². The van der Waals surface area contributed by atoms with Crippen molar-refractivity contribution in [3.63, 3.8) is 0 Å². The number of rotatable bonds is 4. The molecule has 8 nitrogen and oxygen atoms in total. The van der Waals surface area contributed by atoms with Crippen LogP contribution in [0.4, 0.5) is 5.69 Å². The number of nitro benzene ring substituents is 1. The molecule has 6 rings (SSSR count). The van der Waals surface area contributed by atoms with Crippen LogP contribution in [0.1, 0.15) is 18.6 Å². The molecule has 0 N–H and O–H groups in total. The number of amides is 2. The summed E-state index contributed by atoms with van der Waals surface area (Å²) in [7, 11) is 0. The Bertz CT molecular complexity index is 1110. The molecule has 4 aliphatic rings. The van der Waals surface area contributed by atoms with Crippen molar-refractivity contribution >= 4 is 39.6 Å². The molecule has 152 valence electrons. The van der Waals surface area contributed by atoms with Crippen LogP contribution >= 0.6 is 15.9 Å². The lowest BCUT2D eigenvalue weighted by atomic mass is 9.63. The van der Waals surface area contributed by atoms with Crippen LogP contribution in [0.3, 0.4) is 0 Å². The molecule has 1 aromatic carbocycles. The zero-order chi connectivity index (χ0) is 21.0. The first-order valence-corrected chi connectivity index (χ1v) is 10.4. The number of allylic oxidation sites excluding steroid dienone is 2. The fourth-order valence-electron chi connectivity index (χ4n) is 4.72. The summed E-state index contributed by atoms with van der Waals surface area (Å²) in [5.74, 6) is -0.391. The molecule has 4 unspecified atom stereocenters. The molecule has 1 aliphatic heterocycles. The minimum absolute atomic E-state index is 0.0980. The third kappa shape index (κ3) is 2.92. The van der Waals surface area contributed by atoms with E-state index in [9.17, 15) is 19.7 Å². The number of halogens is 1. The summed E-state index contributed by atoms with van der Waals surface area (Å²) in [6.07, 6.45) is 7.25. The van der Waals surface area contributed by atoms with E-state index in [4.69, 9.17) is 4.42 Å². The summed E-state index contributed by atoms with van der Waals surface area (Å²) in [5, 5.41) is 16.4. The quantitative estimate of drug-likeness (QED) is 0.220. The van der Waals surface area contributed by atoms with Crippen LogP contribution in [0.2, 0.25) is 0 Å². The number of hydrogen-bond acceptors (Lipinski definition) is 6. The summed E-state index contributed by atoms with van der Waals surface area (Å²) >= 11 is 3.22. The number of furan rings is 1. The standard InChI is InChI=1S/C21H16BrN3O5/c22-13-5-7-15(16(9-13)25(28)29)17-8-6-14(30-17)10-23-24-20(26)18-11-1-2-12(4-3-11)19(18)21(24)27/h1-2,5-12,18-19H,3-4H2. The first kappa shape index (κ1) is 18.9. The van der Waals surface area contributed by atoms with Crippen LogP contribution in [-0.4, -0.2) is 28.0 Å². The third-order valence-electron chi connectivity index (χ3n) is 6.09. The Hall–Kier alpha value is -3.07. The number of nitrogens with zero attached hydrogens (tertiary/aromatic N) is 3. The van der Waals surface area contributed by atoms with Crippen molar-refractivity contribution in [3.05, 3.63) is 62.8 Å². The molecule has 1 saturated carbocycles. The molecule has 2 aromatic rings. The second-order valence-electron chi connectivity index (χ2n) is 7.69. The van der Waals surface area contributed by atoms with Crippen molar-refractivity contribution in [2.24, 2.45) is 28.8 Å². The molecule has 4 atom stereocenters. The van der Waals surface area contributed by atoms with Crippen LogP contribution in [0.15, 0.2) is 56.5 Å². The van der Waals surface area contributed by atoms with Gasteiger partial charge in [-0.05, 0) is 48.9 Å². The van der Waals surface area contributed by atoms with E-state index in [1.165, 1.54) is 12.3 Å². The Morgan fingerprint density at radius 2 is 1.77 bits per heavy atom. The zero-order valence-electron chi connectivity index (χ0n) is 15.6. The van der Waals surface area contributed by atoms with E-state index in [2.05, 4.69) is 33.2 Å². The Kier molecular flexibility index (Phi) is 4.43. The van der Waals surface area contributed by atoms with E-state index in [0.29, 0.717) is 21.6 Å². The highest BCUT2D eigenvalue weighted by Crippen LogP contribution is 2.49. The van der Waals surface area contributed by atoms with Crippen LogP contribution in [0.25, 0.3) is 11.3 Å². The highest BCUT2D eigenvalue weighted by atomic mass is 79.9. The summed E-state index contributed by atoms with van der Waals surface area (Å²) in [5.41, 5.74) is 0.226. The maximum absolute atomic E-state index is 12.8. The van der Waals surface area contributed by atoms with Gasteiger partial charge in [0.05, 0.1) is 28.5 Å². The summed E-state index contributed by atoms with van der Waals surface area (Å²) < 4.78 is 6.26. The van der Waals surface area contributed by atoms with Gasteiger partial charge < -0.3 is 4.42 Å². The predicted octanol–water partition coefficient (Wildman–Crippen LogP) is 4.15. The molecule has 3 aliphatic carbocycles. The van der Waals surface area contributed by atoms with Gasteiger partial charge >= 0.3 is 0 Å². The van der Waals surface area contributed by atoms with E-state index in [1.54, 1.807) is 24.3 Å². The van der Waals surface area contributed by atoms with Gasteiger partial charge in [0, 0.05) is 10.5 Å². The number of imide groups is 1. The van der Waals surface area contributed by atoms with E-state index in [1.807, 2.05) is 0 Å². The van der Waals surface area contributed by atoms with Crippen LogP contribution in [0, 0.1) is 33.8 Å². The molecular formula is C21H16BrN3O5. The predicted molar refractivity (Wildman–Crippen MR) is 110 cm³/mol. The highest BCUT2D eigenvalue weighted by Gasteiger charge is 2.56. The average molecular weight is 470 g/mol. The van der Waals surface area contributed by atoms with Crippen LogP contribution < -0.4 is 0 Å². The maximum atomic E-state index is 12.8. The first-order chi connectivity index (χ1) is 14.4. The number of carbonyl (C=O) groups excluding carboxylic acids is 2. The molecule has 0 radical (unpaired) electrons. The zero-order valence-corrected chi connectivity index (χ0v) is 17.2. The van der Waals surface area contributed by atoms with Gasteiger partial charge in [-0.25, -0.2) is 0 Å². The lowest BCUT2D eigenvalue weighted by Crippen LogP contribution is -2.38. The Morgan fingerprint density at radius 1 is 1.10 bits per heavy atom. The molecule has 2 bridgehead atoms. The minimum Gasteiger partial charge on any atom is -0.455 e. The molecule has 30 heavy (non-hydrogen) atoms. The van der Waals surface area contributed by atoms with Gasteiger partial charge in [-0.1, -0.05) is 28.1 Å². The molecule has 2 heterocycles. The maximum Gasteiger partial charge on any atom is 0.281 e. The Morgan fingerprint density at radius 3 is 2.37 bits per heavy atom. The second-order valence-corrected chi connectivity index (χ2v) is 8.61. The van der Waals surface area contributed by atoms with E-state index < -0.39 is 4.92 Å². The van der Waals surface area contributed by atoms with Gasteiger partial charge in [-0.15, -0.1) is 0 Å². The fraction of sp³-hybridized carbons (Fsp3) is 0.286. The first-order valence-electron chi connectivity index (χ1n) is 9.58. The number of carbonyl (C=O) groups is 2. The summed E-state index contributed by atoms with van der Waals surface area (Å²) in [6, 6.07) is 7.85. The van der Waals surface area contributed by atoms with Gasteiger partial charge in [0.1, 0.15) is 11.5 Å². The van der Waals surface area contributed by atoms with Crippen molar-refractivity contribution < 1.29 is 18.9 Å². The van der Waals surface area contributed by atoms with E-state index in [0.717, 1.165) is 17.9 Å². The van der Waals surface area contributed by atoms with Crippen LogP contribution in [-0.2, 0) is 9.59 Å². The van der Waals surface area contributed by atoms with Crippen molar-refractivity contribution in [2.75, 3.05) is 0 Å². The molecule has 2 amide bonds. The largest absolute Gasteiger partial charge is 0.455 e. The molecule has 0 spiro atoms. The van der Waals surface area contributed by atoms with Crippen molar-refractivity contribution in [1.29, 1.82) is 0 Å². The van der Waals surface area contributed by atoms with Gasteiger partial charge in [0.15, 0.2) is 0 Å². The summed E-state index contributed by atoms with van der Waals surface area (Å²) in [6.45, 7) is 0. The normalized spacial score (nSPS) is 27.3. The van der Waals surface area contributed by atoms with E-state index in [-0.39, 0.29) is 41.2 Å². The van der Waals surface area contributed by atoms with Gasteiger partial charge in [-0.3, -0.25) is 19.7 Å². The smallest absolute Gasteiger partial charge is 0.281 e. The van der Waals surface area contributed by atoms with Crippen molar-refractivity contribution in [3.8, 4) is 11.3 Å². The van der Waals surface area contributed by atoms with Crippen molar-refractivity contribution in [2.45, 2.75) is 12.8 Å². The van der Waals surface area contributed by atoms with Gasteiger partial charge in [0.25, 0.3) is 17.5 Å². The molecule has 9 heteroatoms. The van der Waals surface area contributed by atoms with Crippen molar-refractivity contribution in [1.82, 2.24) is 5.01 Å². The minimum atomic E-state index is -0.484. The second kappa shape index (κ2) is 7.02. The Labute approximate surface area is 179 Å². The van der Waals surface area contributed by atoms with Gasteiger partial charge in [0.2, 0.25) is 0 Å². The Balaban J connectivity index is 1.40. The van der Waals surface area contributed by atoms with Crippen LogP contribution in [0.5, 0.6) is 0 Å². The molecular weight excluding hydrogens is 454 g/mol. The highest BCUT2D eigenvalue weighted by molar-refractivity contribution is 9.10. The topological polar surface area (TPSA) is 106 Å². The SMILES string of the molecule is O=C1C2C3C=CC(CC3)C2C(=O)N1N=Cc1ccc(-c2ccc(Br)cc2[N+](=O)[O-])o1. The fourth-order valence-corrected chi connectivity index (χ4v) is 5.07. The molecule has 1 aromatic heterocycles. The third-order valence-corrected chi connectivity index (χ3v) is 6.58.